The Kier molecular flexibility index (Phi) is 6.44. The van der Waals surface area contributed by atoms with Gasteiger partial charge in [-0.25, -0.2) is 0 Å². The van der Waals surface area contributed by atoms with Crippen molar-refractivity contribution in [2.75, 3.05) is 6.61 Å². The van der Waals surface area contributed by atoms with E-state index in [0.29, 0.717) is 11.1 Å². The lowest BCUT2D eigenvalue weighted by Crippen LogP contribution is -2.29. The SMILES string of the molecule is CCOC(=O)C(CC(=O)c1ccc(Br)cc1)C(=O)c1ccccc1. The molecule has 1 unspecified atom stereocenters. The predicted octanol–water partition coefficient (Wildman–Crippen LogP) is 4.08. The Morgan fingerprint density at radius 2 is 1.58 bits per heavy atom. The van der Waals surface area contributed by atoms with E-state index in [-0.39, 0.29) is 18.8 Å². The molecule has 4 nitrogen and oxygen atoms in total. The van der Waals surface area contributed by atoms with Crippen LogP contribution in [0.4, 0.5) is 0 Å². The van der Waals surface area contributed by atoms with Gasteiger partial charge >= 0.3 is 5.97 Å². The zero-order valence-electron chi connectivity index (χ0n) is 13.2. The average molecular weight is 389 g/mol. The van der Waals surface area contributed by atoms with E-state index in [2.05, 4.69) is 15.9 Å². The molecule has 0 N–H and O–H groups in total. The fourth-order valence-electron chi connectivity index (χ4n) is 2.27. The number of rotatable bonds is 7. The molecular weight excluding hydrogens is 372 g/mol. The Hall–Kier alpha value is -2.27. The Morgan fingerprint density at radius 3 is 2.17 bits per heavy atom. The fraction of sp³-hybridized carbons (Fsp3) is 0.211. The van der Waals surface area contributed by atoms with Crippen LogP contribution in [0.3, 0.4) is 0 Å². The van der Waals surface area contributed by atoms with E-state index in [1.165, 1.54) is 0 Å². The zero-order valence-corrected chi connectivity index (χ0v) is 14.8. The highest BCUT2D eigenvalue weighted by molar-refractivity contribution is 9.10. The molecule has 0 heterocycles. The van der Waals surface area contributed by atoms with Crippen molar-refractivity contribution in [1.82, 2.24) is 0 Å². The first-order valence-electron chi connectivity index (χ1n) is 7.57. The van der Waals surface area contributed by atoms with Crippen LogP contribution in [0.1, 0.15) is 34.1 Å². The molecular formula is C19H17BrO4. The van der Waals surface area contributed by atoms with Gasteiger partial charge in [-0.2, -0.15) is 0 Å². The van der Waals surface area contributed by atoms with Crippen LogP contribution >= 0.6 is 15.9 Å². The van der Waals surface area contributed by atoms with E-state index >= 15 is 0 Å². The third-order valence-corrected chi connectivity index (χ3v) is 4.03. The van der Waals surface area contributed by atoms with Gasteiger partial charge < -0.3 is 4.74 Å². The number of ether oxygens (including phenoxy) is 1. The Bertz CT molecular complexity index is 723. The minimum absolute atomic E-state index is 0.157. The molecule has 0 aliphatic rings. The van der Waals surface area contributed by atoms with E-state index in [1.54, 1.807) is 61.5 Å². The standard InChI is InChI=1S/C19H17BrO4/c1-2-24-19(23)16(18(22)14-6-4-3-5-7-14)12-17(21)13-8-10-15(20)11-9-13/h3-11,16H,2,12H2,1H3. The largest absolute Gasteiger partial charge is 0.465 e. The summed E-state index contributed by atoms with van der Waals surface area (Å²) in [5, 5.41) is 0. The third kappa shape index (κ3) is 4.61. The number of hydrogen-bond acceptors (Lipinski definition) is 4. The number of Topliss-reactive ketones (excluding diaryl/α,β-unsaturated/α-hetero) is 2. The second-order valence-corrected chi connectivity index (χ2v) is 6.08. The van der Waals surface area contributed by atoms with Crippen LogP contribution in [0.2, 0.25) is 0 Å². The summed E-state index contributed by atoms with van der Waals surface area (Å²) in [7, 11) is 0. The fourth-order valence-corrected chi connectivity index (χ4v) is 2.53. The quantitative estimate of drug-likeness (QED) is 0.407. The van der Waals surface area contributed by atoms with Crippen LogP contribution in [0.25, 0.3) is 0 Å². The molecule has 24 heavy (non-hydrogen) atoms. The highest BCUT2D eigenvalue weighted by Crippen LogP contribution is 2.19. The van der Waals surface area contributed by atoms with E-state index in [0.717, 1.165) is 4.47 Å². The van der Waals surface area contributed by atoms with Crippen molar-refractivity contribution in [2.24, 2.45) is 5.92 Å². The lowest BCUT2D eigenvalue weighted by molar-refractivity contribution is -0.146. The second-order valence-electron chi connectivity index (χ2n) is 5.17. The van der Waals surface area contributed by atoms with E-state index in [4.69, 9.17) is 4.74 Å². The maximum atomic E-state index is 12.6. The van der Waals surface area contributed by atoms with Crippen molar-refractivity contribution in [2.45, 2.75) is 13.3 Å². The van der Waals surface area contributed by atoms with Gasteiger partial charge in [-0.05, 0) is 19.1 Å². The molecule has 2 aromatic rings. The first-order valence-corrected chi connectivity index (χ1v) is 8.37. The Morgan fingerprint density at radius 1 is 0.958 bits per heavy atom. The molecule has 0 fully saturated rings. The lowest BCUT2D eigenvalue weighted by Gasteiger charge is -2.14. The number of benzene rings is 2. The molecule has 0 spiro atoms. The summed E-state index contributed by atoms with van der Waals surface area (Å²) in [5.41, 5.74) is 0.840. The monoisotopic (exact) mass is 388 g/mol. The smallest absolute Gasteiger partial charge is 0.317 e. The molecule has 2 aromatic carbocycles. The summed E-state index contributed by atoms with van der Waals surface area (Å²) in [4.78, 5) is 37.2. The molecule has 0 saturated carbocycles. The Balaban J connectivity index is 2.23. The molecule has 1 atom stereocenters. The summed E-state index contributed by atoms with van der Waals surface area (Å²) in [6.45, 7) is 1.82. The molecule has 2 rings (SSSR count). The van der Waals surface area contributed by atoms with Crippen molar-refractivity contribution in [3.8, 4) is 0 Å². The molecule has 0 aromatic heterocycles. The van der Waals surface area contributed by atoms with Crippen molar-refractivity contribution >= 4 is 33.5 Å². The van der Waals surface area contributed by atoms with Crippen LogP contribution in [0, 0.1) is 5.92 Å². The van der Waals surface area contributed by atoms with Gasteiger partial charge in [-0.1, -0.05) is 58.4 Å². The molecule has 5 heteroatoms. The van der Waals surface area contributed by atoms with Gasteiger partial charge in [0.05, 0.1) is 6.61 Å². The van der Waals surface area contributed by atoms with Crippen LogP contribution < -0.4 is 0 Å². The topological polar surface area (TPSA) is 60.4 Å². The van der Waals surface area contributed by atoms with Gasteiger partial charge in [0.25, 0.3) is 0 Å². The first kappa shape index (κ1) is 18.1. The van der Waals surface area contributed by atoms with Crippen molar-refractivity contribution in [1.29, 1.82) is 0 Å². The maximum Gasteiger partial charge on any atom is 0.317 e. The van der Waals surface area contributed by atoms with E-state index in [9.17, 15) is 14.4 Å². The number of carbonyl (C=O) groups is 3. The number of ketones is 2. The number of esters is 1. The van der Waals surface area contributed by atoms with Crippen LogP contribution in [0.15, 0.2) is 59.1 Å². The van der Waals surface area contributed by atoms with Crippen molar-refractivity contribution < 1.29 is 19.1 Å². The predicted molar refractivity (Wildman–Crippen MR) is 94.0 cm³/mol. The van der Waals surface area contributed by atoms with Crippen LogP contribution in [0.5, 0.6) is 0 Å². The highest BCUT2D eigenvalue weighted by atomic mass is 79.9. The molecule has 0 aliphatic carbocycles. The normalized spacial score (nSPS) is 11.6. The maximum absolute atomic E-state index is 12.6. The summed E-state index contributed by atoms with van der Waals surface area (Å²) in [5.74, 6) is -2.48. The van der Waals surface area contributed by atoms with Gasteiger partial charge in [0.1, 0.15) is 5.92 Å². The molecule has 0 saturated heterocycles. The average Bonchev–Trinajstić information content (AvgIpc) is 2.60. The molecule has 0 amide bonds. The minimum Gasteiger partial charge on any atom is -0.465 e. The number of carbonyl (C=O) groups excluding carboxylic acids is 3. The number of halogens is 1. The van der Waals surface area contributed by atoms with Gasteiger partial charge in [0.2, 0.25) is 0 Å². The van der Waals surface area contributed by atoms with Crippen molar-refractivity contribution in [3.05, 3.63) is 70.2 Å². The summed E-state index contributed by atoms with van der Waals surface area (Å²) in [6, 6.07) is 15.2. The van der Waals surface area contributed by atoms with Crippen LogP contribution in [-0.4, -0.2) is 24.1 Å². The summed E-state index contributed by atoms with van der Waals surface area (Å²) >= 11 is 3.30. The van der Waals surface area contributed by atoms with Crippen LogP contribution in [-0.2, 0) is 9.53 Å². The molecule has 0 bridgehead atoms. The Labute approximate surface area is 149 Å². The van der Waals surface area contributed by atoms with E-state index < -0.39 is 17.7 Å². The highest BCUT2D eigenvalue weighted by Gasteiger charge is 2.31. The van der Waals surface area contributed by atoms with Gasteiger partial charge in [0, 0.05) is 22.0 Å². The van der Waals surface area contributed by atoms with Gasteiger partial charge in [0.15, 0.2) is 11.6 Å². The summed E-state index contributed by atoms with van der Waals surface area (Å²) in [6.07, 6.45) is -0.214. The van der Waals surface area contributed by atoms with E-state index in [1.807, 2.05) is 0 Å². The first-order chi connectivity index (χ1) is 11.5. The van der Waals surface area contributed by atoms with Crippen molar-refractivity contribution in [3.63, 3.8) is 0 Å². The number of hydrogen-bond donors (Lipinski definition) is 0. The molecule has 0 aliphatic heterocycles. The lowest BCUT2D eigenvalue weighted by atomic mass is 9.91. The molecule has 124 valence electrons. The van der Waals surface area contributed by atoms with Gasteiger partial charge in [-0.15, -0.1) is 0 Å². The second kappa shape index (κ2) is 8.55. The van der Waals surface area contributed by atoms with Gasteiger partial charge in [-0.3, -0.25) is 14.4 Å². The third-order valence-electron chi connectivity index (χ3n) is 3.50. The minimum atomic E-state index is -1.14. The summed E-state index contributed by atoms with van der Waals surface area (Å²) < 4.78 is 5.83. The zero-order chi connectivity index (χ0) is 17.5. The molecule has 0 radical (unpaired) electrons.